The van der Waals surface area contributed by atoms with E-state index in [-0.39, 0.29) is 17.9 Å². The summed E-state index contributed by atoms with van der Waals surface area (Å²) in [5.41, 5.74) is 4.72. The van der Waals surface area contributed by atoms with Crippen LogP contribution in [0.3, 0.4) is 0 Å². The highest BCUT2D eigenvalue weighted by atomic mass is 32.2. The van der Waals surface area contributed by atoms with Gasteiger partial charge in [0.2, 0.25) is 0 Å². The lowest BCUT2D eigenvalue weighted by Crippen LogP contribution is -2.38. The summed E-state index contributed by atoms with van der Waals surface area (Å²) in [6.07, 6.45) is 4.48. The number of benzene rings is 3. The fraction of sp³-hybridized carbons (Fsp3) is 0.257. The average molecular weight is 710 g/mol. The van der Waals surface area contributed by atoms with Gasteiger partial charge in [0.05, 0.1) is 23.1 Å². The third-order valence-electron chi connectivity index (χ3n) is 7.55. The Bertz CT molecular complexity index is 1910. The maximum atomic E-state index is 13.8. The summed E-state index contributed by atoms with van der Waals surface area (Å²) in [7, 11) is -4.76. The molecule has 0 aliphatic heterocycles. The number of aromatic nitrogens is 3. The first-order chi connectivity index (χ1) is 23.1. The van der Waals surface area contributed by atoms with Gasteiger partial charge in [0.1, 0.15) is 23.6 Å². The molecule has 0 saturated carbocycles. The maximum Gasteiger partial charge on any atom is 0.472 e. The molecular formula is C35H39FN4O7PS+. The zero-order valence-corrected chi connectivity index (χ0v) is 29.2. The van der Waals surface area contributed by atoms with Crippen LogP contribution in [0.1, 0.15) is 38.0 Å². The van der Waals surface area contributed by atoms with Crippen molar-refractivity contribution in [2.24, 2.45) is 0 Å². The van der Waals surface area contributed by atoms with Gasteiger partial charge in [-0.15, -0.1) is 0 Å². The molecule has 0 fully saturated rings. The number of rotatable bonds is 13. The molecule has 0 aliphatic carbocycles. The van der Waals surface area contributed by atoms with Gasteiger partial charge < -0.3 is 34.5 Å². The maximum absolute atomic E-state index is 13.8. The fourth-order valence-corrected chi connectivity index (χ4v) is 5.70. The van der Waals surface area contributed by atoms with E-state index in [2.05, 4.69) is 14.8 Å². The number of imidazole rings is 1. The van der Waals surface area contributed by atoms with Crippen molar-refractivity contribution in [2.75, 3.05) is 19.6 Å². The second kappa shape index (κ2) is 15.3. The van der Waals surface area contributed by atoms with E-state index in [9.17, 15) is 18.6 Å². The fourth-order valence-electron chi connectivity index (χ4n) is 4.99. The quantitative estimate of drug-likeness (QED) is 0.0461. The number of nitrogens with one attached hydrogen (secondary N) is 2. The van der Waals surface area contributed by atoms with Crippen molar-refractivity contribution in [3.63, 3.8) is 0 Å². The summed E-state index contributed by atoms with van der Waals surface area (Å²) in [6, 6.07) is 22.4. The number of hydrogen-bond donors (Lipinski definition) is 5. The normalized spacial score (nSPS) is 13.3. The number of halogens is 1. The largest absolute Gasteiger partial charge is 0.612 e. The van der Waals surface area contributed by atoms with Crippen LogP contribution in [-0.2, 0) is 26.8 Å². The summed E-state index contributed by atoms with van der Waals surface area (Å²) in [5, 5.41) is 14.0. The SMILES string of the molecule is C[S+]([O-])c1ccc(-c2nc(-c3cc[n+](Cc4ccc(C(O)CNC(C)(C)C)cc4OCOP(=O)(O)O)cc3)c(-c3ccc(F)cc3)[nH]2)cc1. The van der Waals surface area contributed by atoms with E-state index in [1.807, 2.05) is 62.0 Å². The minimum absolute atomic E-state index is 0.208. The van der Waals surface area contributed by atoms with Crippen LogP contribution in [0.4, 0.5) is 4.39 Å². The van der Waals surface area contributed by atoms with E-state index in [0.717, 1.165) is 16.7 Å². The molecule has 0 spiro atoms. The summed E-state index contributed by atoms with van der Waals surface area (Å²) < 4.78 is 49.0. The summed E-state index contributed by atoms with van der Waals surface area (Å²) in [5.74, 6) is 0.541. The number of aliphatic hydroxyl groups excluding tert-OH is 1. The molecule has 2 aromatic heterocycles. The molecule has 0 radical (unpaired) electrons. The van der Waals surface area contributed by atoms with Crippen LogP contribution in [0, 0.1) is 5.82 Å². The molecule has 0 bridgehead atoms. The first-order valence-corrected chi connectivity index (χ1v) is 18.4. The molecule has 2 atom stereocenters. The van der Waals surface area contributed by atoms with Gasteiger partial charge in [0.25, 0.3) is 0 Å². The van der Waals surface area contributed by atoms with Gasteiger partial charge in [0, 0.05) is 40.9 Å². The molecule has 49 heavy (non-hydrogen) atoms. The lowest BCUT2D eigenvalue weighted by molar-refractivity contribution is -0.688. The highest BCUT2D eigenvalue weighted by Crippen LogP contribution is 2.36. The van der Waals surface area contributed by atoms with E-state index >= 15 is 0 Å². The summed E-state index contributed by atoms with van der Waals surface area (Å²) in [6.45, 7) is 5.90. The second-order valence-corrected chi connectivity index (χ2v) is 15.1. The van der Waals surface area contributed by atoms with E-state index in [1.54, 1.807) is 48.7 Å². The first kappa shape index (κ1) is 36.4. The predicted octanol–water partition coefficient (Wildman–Crippen LogP) is 5.49. The summed E-state index contributed by atoms with van der Waals surface area (Å²) >= 11 is -1.11. The molecule has 0 aliphatic rings. The molecular weight excluding hydrogens is 670 g/mol. The number of aliphatic hydroxyl groups is 1. The number of aromatic amines is 1. The minimum Gasteiger partial charge on any atom is -0.612 e. The Labute approximate surface area is 287 Å². The monoisotopic (exact) mass is 709 g/mol. The molecule has 5 rings (SSSR count). The number of β-amino-alcohol motifs (C(OH)–C–C–N with tert-alkyl or cyclic N) is 1. The van der Waals surface area contributed by atoms with Gasteiger partial charge in [-0.05, 0) is 98.2 Å². The van der Waals surface area contributed by atoms with Crippen molar-refractivity contribution in [1.29, 1.82) is 0 Å². The predicted molar refractivity (Wildman–Crippen MR) is 184 cm³/mol. The summed E-state index contributed by atoms with van der Waals surface area (Å²) in [4.78, 5) is 27.2. The molecule has 2 unspecified atom stereocenters. The van der Waals surface area contributed by atoms with Crippen molar-refractivity contribution in [1.82, 2.24) is 15.3 Å². The Balaban J connectivity index is 1.43. The highest BCUT2D eigenvalue weighted by molar-refractivity contribution is 7.90. The Morgan fingerprint density at radius 2 is 1.65 bits per heavy atom. The Morgan fingerprint density at radius 1 is 1.00 bits per heavy atom. The number of phosphoric ester groups is 1. The van der Waals surface area contributed by atoms with Gasteiger partial charge >= 0.3 is 7.82 Å². The molecule has 0 amide bonds. The molecule has 0 saturated heterocycles. The van der Waals surface area contributed by atoms with Crippen LogP contribution < -0.4 is 14.6 Å². The standard InChI is InChI=1S/C35H38FN4O7PS/c1-35(2,3)37-20-30(41)26-5-6-27(31(19-26)46-22-47-48(42,43)44)21-40-17-15-24(16-18-40)33-32(23-7-11-28(36)12-8-23)38-34(39-33)25-9-13-29(14-10-25)49(4)45/h5-19,30,37,41H,20-22H2,1-4H3,(H2,42,43,44)/p+1. The topological polar surface area (TPSA) is 164 Å². The van der Waals surface area contributed by atoms with E-state index in [1.165, 1.54) is 12.1 Å². The molecule has 258 valence electrons. The van der Waals surface area contributed by atoms with Crippen molar-refractivity contribution in [2.45, 2.75) is 43.9 Å². The molecule has 14 heteroatoms. The average Bonchev–Trinajstić information content (AvgIpc) is 3.50. The number of nitrogens with zero attached hydrogens (tertiary/aromatic N) is 2. The van der Waals surface area contributed by atoms with Gasteiger partial charge in [0.15, 0.2) is 30.6 Å². The molecule has 3 aromatic carbocycles. The Kier molecular flexibility index (Phi) is 11.4. The number of pyridine rings is 1. The lowest BCUT2D eigenvalue weighted by atomic mass is 10.0. The third-order valence-corrected chi connectivity index (χ3v) is 8.93. The van der Waals surface area contributed by atoms with Crippen molar-refractivity contribution in [3.8, 4) is 39.7 Å². The first-order valence-electron chi connectivity index (χ1n) is 15.3. The lowest BCUT2D eigenvalue weighted by Gasteiger charge is -2.23. The van der Waals surface area contributed by atoms with E-state index < -0.39 is 31.9 Å². The van der Waals surface area contributed by atoms with Crippen LogP contribution in [0.25, 0.3) is 33.9 Å². The highest BCUT2D eigenvalue weighted by Gasteiger charge is 2.21. The smallest absolute Gasteiger partial charge is 0.472 e. The second-order valence-electron chi connectivity index (χ2n) is 12.4. The van der Waals surface area contributed by atoms with E-state index in [0.29, 0.717) is 45.5 Å². The Hall–Kier alpha value is -3.91. The van der Waals surface area contributed by atoms with Crippen LogP contribution in [0.5, 0.6) is 5.75 Å². The van der Waals surface area contributed by atoms with Crippen molar-refractivity contribution >= 4 is 19.0 Å². The zero-order chi connectivity index (χ0) is 35.3. The number of phosphoric acid groups is 1. The van der Waals surface area contributed by atoms with Gasteiger partial charge in [-0.2, -0.15) is 0 Å². The van der Waals surface area contributed by atoms with Crippen LogP contribution in [0.2, 0.25) is 0 Å². The zero-order valence-electron chi connectivity index (χ0n) is 27.5. The van der Waals surface area contributed by atoms with Crippen molar-refractivity contribution < 1.29 is 42.2 Å². The molecule has 11 nitrogen and oxygen atoms in total. The van der Waals surface area contributed by atoms with Gasteiger partial charge in [-0.25, -0.2) is 23.0 Å². The van der Waals surface area contributed by atoms with Gasteiger partial charge in [-0.3, -0.25) is 0 Å². The Morgan fingerprint density at radius 3 is 2.27 bits per heavy atom. The number of hydrogen-bond acceptors (Lipinski definition) is 7. The van der Waals surface area contributed by atoms with Crippen LogP contribution >= 0.6 is 7.82 Å². The third kappa shape index (κ3) is 10.1. The van der Waals surface area contributed by atoms with Crippen LogP contribution in [0.15, 0.2) is 96.2 Å². The molecule has 5 aromatic rings. The van der Waals surface area contributed by atoms with Crippen molar-refractivity contribution in [3.05, 3.63) is 108 Å². The number of ether oxygens (including phenoxy) is 1. The van der Waals surface area contributed by atoms with Gasteiger partial charge in [-0.1, -0.05) is 6.07 Å². The minimum atomic E-state index is -4.76. The number of H-pyrrole nitrogens is 1. The molecule has 5 N–H and O–H groups in total. The van der Waals surface area contributed by atoms with E-state index in [4.69, 9.17) is 19.5 Å². The molecule has 2 heterocycles. The van der Waals surface area contributed by atoms with Crippen LogP contribution in [-0.4, -0.2) is 54.5 Å².